The largest absolute Gasteiger partial charge is 0.396 e. The van der Waals surface area contributed by atoms with Crippen molar-refractivity contribution in [1.82, 2.24) is 10.2 Å². The highest BCUT2D eigenvalue weighted by molar-refractivity contribution is 5.14. The molecule has 2 N–H and O–H groups in total. The molecule has 118 valence electrons. The van der Waals surface area contributed by atoms with E-state index in [1.54, 1.807) is 0 Å². The Labute approximate surface area is 129 Å². The Balaban J connectivity index is 1.81. The van der Waals surface area contributed by atoms with Crippen molar-refractivity contribution in [2.75, 3.05) is 19.7 Å². The van der Waals surface area contributed by atoms with Gasteiger partial charge in [-0.15, -0.1) is 0 Å². The Morgan fingerprint density at radius 1 is 1.19 bits per heavy atom. The van der Waals surface area contributed by atoms with E-state index in [-0.39, 0.29) is 6.61 Å². The van der Waals surface area contributed by atoms with E-state index in [1.165, 1.54) is 31.5 Å². The molecule has 21 heavy (non-hydrogen) atoms. The van der Waals surface area contributed by atoms with Crippen LogP contribution in [0.1, 0.15) is 38.7 Å². The minimum absolute atomic E-state index is 0.286. The van der Waals surface area contributed by atoms with Crippen LogP contribution in [0.15, 0.2) is 30.3 Å². The minimum atomic E-state index is 0.286. The lowest BCUT2D eigenvalue weighted by Gasteiger charge is -2.37. The summed E-state index contributed by atoms with van der Waals surface area (Å²) in [5.74, 6) is 0.701. The summed E-state index contributed by atoms with van der Waals surface area (Å²) >= 11 is 0. The van der Waals surface area contributed by atoms with Gasteiger partial charge in [0.15, 0.2) is 0 Å². The van der Waals surface area contributed by atoms with Crippen LogP contribution in [0, 0.1) is 5.92 Å². The van der Waals surface area contributed by atoms with Gasteiger partial charge in [-0.25, -0.2) is 0 Å². The molecule has 0 saturated carbocycles. The normalized spacial score (nSPS) is 19.0. The molecule has 0 aromatic heterocycles. The highest BCUT2D eigenvalue weighted by Crippen LogP contribution is 2.24. The number of hydrogen-bond acceptors (Lipinski definition) is 3. The molecule has 3 heteroatoms. The molecule has 0 spiro atoms. The van der Waals surface area contributed by atoms with E-state index in [2.05, 4.69) is 54.4 Å². The van der Waals surface area contributed by atoms with E-state index in [0.29, 0.717) is 18.0 Å². The zero-order valence-corrected chi connectivity index (χ0v) is 13.5. The van der Waals surface area contributed by atoms with Gasteiger partial charge in [-0.3, -0.25) is 4.90 Å². The van der Waals surface area contributed by atoms with Gasteiger partial charge >= 0.3 is 0 Å². The summed E-state index contributed by atoms with van der Waals surface area (Å²) in [6.45, 7) is 8.07. The van der Waals surface area contributed by atoms with Gasteiger partial charge < -0.3 is 10.4 Å². The van der Waals surface area contributed by atoms with Gasteiger partial charge in [-0.05, 0) is 43.8 Å². The topological polar surface area (TPSA) is 35.5 Å². The SMILES string of the molecule is CC(C)N[C@H](CCO)C1CCN(Cc2ccccc2)CC1. The number of benzene rings is 1. The molecule has 1 saturated heterocycles. The van der Waals surface area contributed by atoms with E-state index in [9.17, 15) is 5.11 Å². The van der Waals surface area contributed by atoms with Crippen molar-refractivity contribution in [3.63, 3.8) is 0 Å². The molecule has 2 rings (SSSR count). The molecular weight excluding hydrogens is 260 g/mol. The van der Waals surface area contributed by atoms with Crippen LogP contribution in [-0.2, 0) is 6.54 Å². The summed E-state index contributed by atoms with van der Waals surface area (Å²) in [5.41, 5.74) is 1.41. The highest BCUT2D eigenvalue weighted by Gasteiger charge is 2.26. The maximum Gasteiger partial charge on any atom is 0.0445 e. The number of aliphatic hydroxyl groups is 1. The van der Waals surface area contributed by atoms with Crippen molar-refractivity contribution in [3.05, 3.63) is 35.9 Å². The number of hydrogen-bond donors (Lipinski definition) is 2. The molecular formula is C18H30N2O. The number of rotatable bonds is 7. The summed E-state index contributed by atoms with van der Waals surface area (Å²) in [7, 11) is 0. The molecule has 3 nitrogen and oxygen atoms in total. The second-order valence-corrected chi connectivity index (χ2v) is 6.54. The smallest absolute Gasteiger partial charge is 0.0445 e. The maximum atomic E-state index is 9.28. The summed E-state index contributed by atoms with van der Waals surface area (Å²) in [6.07, 6.45) is 3.34. The van der Waals surface area contributed by atoms with Gasteiger partial charge in [0.25, 0.3) is 0 Å². The fourth-order valence-corrected chi connectivity index (χ4v) is 3.38. The monoisotopic (exact) mass is 290 g/mol. The van der Waals surface area contributed by atoms with Crippen LogP contribution in [0.2, 0.25) is 0 Å². The summed E-state index contributed by atoms with van der Waals surface area (Å²) in [6, 6.07) is 11.7. The Kier molecular flexibility index (Phi) is 6.68. The predicted octanol–water partition coefficient (Wildman–Crippen LogP) is 2.65. The third-order valence-corrected chi connectivity index (χ3v) is 4.44. The van der Waals surface area contributed by atoms with Crippen molar-refractivity contribution < 1.29 is 5.11 Å². The first kappa shape index (κ1) is 16.5. The predicted molar refractivity (Wildman–Crippen MR) is 88.2 cm³/mol. The summed E-state index contributed by atoms with van der Waals surface area (Å²) < 4.78 is 0. The van der Waals surface area contributed by atoms with Crippen molar-refractivity contribution in [2.45, 2.75) is 51.7 Å². The molecule has 0 amide bonds. The van der Waals surface area contributed by atoms with Crippen LogP contribution in [0.4, 0.5) is 0 Å². The lowest BCUT2D eigenvalue weighted by atomic mass is 9.87. The first-order valence-electron chi connectivity index (χ1n) is 8.32. The molecule has 0 aliphatic carbocycles. The lowest BCUT2D eigenvalue weighted by Crippen LogP contribution is -2.45. The third-order valence-electron chi connectivity index (χ3n) is 4.44. The number of piperidine rings is 1. The second kappa shape index (κ2) is 8.52. The van der Waals surface area contributed by atoms with Gasteiger partial charge in [-0.1, -0.05) is 44.2 Å². The van der Waals surface area contributed by atoms with Gasteiger partial charge in [0.05, 0.1) is 0 Å². The fourth-order valence-electron chi connectivity index (χ4n) is 3.38. The standard InChI is InChI=1S/C18H30N2O/c1-15(2)19-18(10-13-21)17-8-11-20(12-9-17)14-16-6-4-3-5-7-16/h3-7,15,17-19,21H,8-14H2,1-2H3/t18-/m1/s1. The van der Waals surface area contributed by atoms with Gasteiger partial charge in [0.2, 0.25) is 0 Å². The molecule has 1 heterocycles. The zero-order chi connectivity index (χ0) is 15.1. The molecule has 1 aliphatic heterocycles. The van der Waals surface area contributed by atoms with Gasteiger partial charge in [0.1, 0.15) is 0 Å². The molecule has 1 aromatic rings. The van der Waals surface area contributed by atoms with Crippen LogP contribution >= 0.6 is 0 Å². The Morgan fingerprint density at radius 2 is 1.86 bits per heavy atom. The number of aliphatic hydroxyl groups excluding tert-OH is 1. The summed E-state index contributed by atoms with van der Waals surface area (Å²) in [4.78, 5) is 2.55. The molecule has 0 radical (unpaired) electrons. The van der Waals surface area contributed by atoms with Gasteiger partial charge in [-0.2, -0.15) is 0 Å². The van der Waals surface area contributed by atoms with Crippen LogP contribution < -0.4 is 5.32 Å². The van der Waals surface area contributed by atoms with Crippen molar-refractivity contribution >= 4 is 0 Å². The summed E-state index contributed by atoms with van der Waals surface area (Å²) in [5, 5.41) is 12.9. The van der Waals surface area contributed by atoms with Crippen molar-refractivity contribution in [2.24, 2.45) is 5.92 Å². The maximum absolute atomic E-state index is 9.28. The average Bonchev–Trinajstić information content (AvgIpc) is 2.48. The number of likely N-dealkylation sites (tertiary alicyclic amines) is 1. The van der Waals surface area contributed by atoms with Crippen LogP contribution in [0.3, 0.4) is 0 Å². The van der Waals surface area contributed by atoms with Crippen LogP contribution in [0.25, 0.3) is 0 Å². The van der Waals surface area contributed by atoms with E-state index >= 15 is 0 Å². The van der Waals surface area contributed by atoms with E-state index < -0.39 is 0 Å². The van der Waals surface area contributed by atoms with Crippen LogP contribution in [0.5, 0.6) is 0 Å². The van der Waals surface area contributed by atoms with Crippen molar-refractivity contribution in [1.29, 1.82) is 0 Å². The zero-order valence-electron chi connectivity index (χ0n) is 13.5. The molecule has 0 bridgehead atoms. The van der Waals surface area contributed by atoms with E-state index in [0.717, 1.165) is 13.0 Å². The molecule has 1 aromatic carbocycles. The Morgan fingerprint density at radius 3 is 2.43 bits per heavy atom. The molecule has 1 atom stereocenters. The first-order chi connectivity index (χ1) is 10.2. The Hall–Kier alpha value is -0.900. The Bertz CT molecular complexity index is 385. The average molecular weight is 290 g/mol. The first-order valence-corrected chi connectivity index (χ1v) is 8.32. The number of nitrogens with one attached hydrogen (secondary N) is 1. The molecule has 1 aliphatic rings. The minimum Gasteiger partial charge on any atom is -0.396 e. The van der Waals surface area contributed by atoms with Crippen LogP contribution in [-0.4, -0.2) is 41.8 Å². The van der Waals surface area contributed by atoms with Crippen molar-refractivity contribution in [3.8, 4) is 0 Å². The molecule has 0 unspecified atom stereocenters. The van der Waals surface area contributed by atoms with E-state index in [1.807, 2.05) is 0 Å². The second-order valence-electron chi connectivity index (χ2n) is 6.54. The highest BCUT2D eigenvalue weighted by atomic mass is 16.3. The quantitative estimate of drug-likeness (QED) is 0.810. The number of nitrogens with zero attached hydrogens (tertiary/aromatic N) is 1. The molecule has 1 fully saturated rings. The van der Waals surface area contributed by atoms with E-state index in [4.69, 9.17) is 0 Å². The van der Waals surface area contributed by atoms with Gasteiger partial charge in [0, 0.05) is 25.2 Å². The lowest BCUT2D eigenvalue weighted by molar-refractivity contribution is 0.135. The fraction of sp³-hybridized carbons (Fsp3) is 0.667. The third kappa shape index (κ3) is 5.42.